The number of aryl methyl sites for hydroxylation is 3. The van der Waals surface area contributed by atoms with Gasteiger partial charge < -0.3 is 10.4 Å². The van der Waals surface area contributed by atoms with Crippen molar-refractivity contribution in [2.45, 2.75) is 32.7 Å². The molecule has 0 radical (unpaired) electrons. The van der Waals surface area contributed by atoms with Crippen LogP contribution in [0, 0.1) is 6.92 Å². The van der Waals surface area contributed by atoms with Crippen molar-refractivity contribution >= 4 is 5.82 Å². The number of rotatable bonds is 5. The second-order valence-corrected chi connectivity index (χ2v) is 5.05. The van der Waals surface area contributed by atoms with Crippen LogP contribution in [0.5, 0.6) is 5.75 Å². The van der Waals surface area contributed by atoms with E-state index in [1.54, 1.807) is 12.1 Å². The lowest BCUT2D eigenvalue weighted by Gasteiger charge is -2.15. The first-order valence-electron chi connectivity index (χ1n) is 6.59. The summed E-state index contributed by atoms with van der Waals surface area (Å²) in [6, 6.07) is 9.84. The molecule has 0 bridgehead atoms. The second kappa shape index (κ2) is 5.78. The molecule has 2 aromatic rings. The van der Waals surface area contributed by atoms with Gasteiger partial charge in [-0.25, -0.2) is 0 Å². The Labute approximate surface area is 114 Å². The molecule has 0 aliphatic rings. The van der Waals surface area contributed by atoms with Gasteiger partial charge in [0.25, 0.3) is 0 Å². The molecule has 2 N–H and O–H groups in total. The lowest BCUT2D eigenvalue weighted by molar-refractivity contribution is 0.475. The lowest BCUT2D eigenvalue weighted by atomic mass is 10.1. The Bertz CT molecular complexity index is 531. The zero-order chi connectivity index (χ0) is 13.8. The van der Waals surface area contributed by atoms with Gasteiger partial charge in [0.2, 0.25) is 0 Å². The summed E-state index contributed by atoms with van der Waals surface area (Å²) in [5.74, 6) is 1.37. The van der Waals surface area contributed by atoms with Gasteiger partial charge in [0.1, 0.15) is 11.6 Å². The summed E-state index contributed by atoms with van der Waals surface area (Å²) < 4.78 is 1.87. The summed E-state index contributed by atoms with van der Waals surface area (Å²) >= 11 is 0. The van der Waals surface area contributed by atoms with Crippen LogP contribution in [0.1, 0.15) is 24.6 Å². The fraction of sp³-hybridized carbons (Fsp3) is 0.400. The highest BCUT2D eigenvalue weighted by Gasteiger charge is 2.06. The molecule has 1 atom stereocenters. The van der Waals surface area contributed by atoms with Crippen LogP contribution in [0.2, 0.25) is 0 Å². The molecule has 1 heterocycles. The topological polar surface area (TPSA) is 50.1 Å². The van der Waals surface area contributed by atoms with Crippen LogP contribution >= 0.6 is 0 Å². The number of anilines is 1. The molecule has 4 heteroatoms. The summed E-state index contributed by atoms with van der Waals surface area (Å²) in [7, 11) is 1.95. The monoisotopic (exact) mass is 259 g/mol. The molecule has 4 nitrogen and oxygen atoms in total. The minimum Gasteiger partial charge on any atom is -0.508 e. The fourth-order valence-corrected chi connectivity index (χ4v) is 2.12. The van der Waals surface area contributed by atoms with Gasteiger partial charge in [-0.15, -0.1) is 0 Å². The molecule has 0 amide bonds. The molecule has 1 aromatic heterocycles. The van der Waals surface area contributed by atoms with Crippen molar-refractivity contribution in [1.82, 2.24) is 9.78 Å². The van der Waals surface area contributed by atoms with Crippen LogP contribution in [-0.4, -0.2) is 20.9 Å². The van der Waals surface area contributed by atoms with E-state index in [-0.39, 0.29) is 0 Å². The molecule has 0 spiro atoms. The third-order valence-electron chi connectivity index (χ3n) is 3.20. The normalized spacial score (nSPS) is 12.4. The van der Waals surface area contributed by atoms with Crippen LogP contribution in [0.25, 0.3) is 0 Å². The molecule has 0 unspecified atom stereocenters. The zero-order valence-corrected chi connectivity index (χ0v) is 11.7. The van der Waals surface area contributed by atoms with Crippen molar-refractivity contribution in [3.63, 3.8) is 0 Å². The molecular formula is C15H21N3O. The second-order valence-electron chi connectivity index (χ2n) is 5.05. The summed E-state index contributed by atoms with van der Waals surface area (Å²) in [5, 5.41) is 17.0. The highest BCUT2D eigenvalue weighted by atomic mass is 16.3. The Morgan fingerprint density at radius 2 is 2.00 bits per heavy atom. The highest BCUT2D eigenvalue weighted by Crippen LogP contribution is 2.14. The predicted molar refractivity (Wildman–Crippen MR) is 77.5 cm³/mol. The SMILES string of the molecule is Cc1cc(N[C@H](C)CCc2ccc(O)cc2)n(C)n1. The van der Waals surface area contributed by atoms with E-state index in [2.05, 4.69) is 23.4 Å². The van der Waals surface area contributed by atoms with Gasteiger partial charge in [0.05, 0.1) is 5.69 Å². The van der Waals surface area contributed by atoms with E-state index in [0.717, 1.165) is 24.4 Å². The van der Waals surface area contributed by atoms with Crippen molar-refractivity contribution in [2.75, 3.05) is 5.32 Å². The van der Waals surface area contributed by atoms with Crippen molar-refractivity contribution in [1.29, 1.82) is 0 Å². The maximum Gasteiger partial charge on any atom is 0.124 e. The summed E-state index contributed by atoms with van der Waals surface area (Å²) in [4.78, 5) is 0. The van der Waals surface area contributed by atoms with E-state index in [1.807, 2.05) is 30.8 Å². The number of hydrogen-bond donors (Lipinski definition) is 2. The number of aromatic hydroxyl groups is 1. The molecule has 102 valence electrons. The van der Waals surface area contributed by atoms with E-state index in [0.29, 0.717) is 11.8 Å². The maximum atomic E-state index is 9.24. The molecule has 0 fully saturated rings. The maximum absolute atomic E-state index is 9.24. The minimum atomic E-state index is 0.320. The first-order chi connectivity index (χ1) is 9.04. The van der Waals surface area contributed by atoms with Crippen molar-refractivity contribution in [2.24, 2.45) is 7.05 Å². The molecule has 0 saturated heterocycles. The molecule has 0 aliphatic carbocycles. The van der Waals surface area contributed by atoms with Crippen LogP contribution in [0.3, 0.4) is 0 Å². The third-order valence-corrected chi connectivity index (χ3v) is 3.20. The first kappa shape index (κ1) is 13.5. The number of hydrogen-bond acceptors (Lipinski definition) is 3. The molecule has 1 aromatic carbocycles. The summed E-state index contributed by atoms with van der Waals surface area (Å²) in [5.41, 5.74) is 2.27. The number of nitrogens with one attached hydrogen (secondary N) is 1. The van der Waals surface area contributed by atoms with Crippen LogP contribution in [0.15, 0.2) is 30.3 Å². The van der Waals surface area contributed by atoms with Gasteiger partial charge in [-0.1, -0.05) is 12.1 Å². The minimum absolute atomic E-state index is 0.320. The van der Waals surface area contributed by atoms with Gasteiger partial charge in [0.15, 0.2) is 0 Å². The lowest BCUT2D eigenvalue weighted by Crippen LogP contribution is -2.18. The zero-order valence-electron chi connectivity index (χ0n) is 11.7. The van der Waals surface area contributed by atoms with Gasteiger partial charge in [-0.2, -0.15) is 5.10 Å². The molecule has 0 saturated carbocycles. The fourth-order valence-electron chi connectivity index (χ4n) is 2.12. The van der Waals surface area contributed by atoms with Crippen molar-refractivity contribution < 1.29 is 5.11 Å². The third kappa shape index (κ3) is 3.74. The molecule has 0 aliphatic heterocycles. The Kier molecular flexibility index (Phi) is 4.10. The van der Waals surface area contributed by atoms with E-state index >= 15 is 0 Å². The number of aromatic nitrogens is 2. The van der Waals surface area contributed by atoms with E-state index in [4.69, 9.17) is 0 Å². The number of nitrogens with zero attached hydrogens (tertiary/aromatic N) is 2. The van der Waals surface area contributed by atoms with Crippen molar-refractivity contribution in [3.05, 3.63) is 41.6 Å². The largest absolute Gasteiger partial charge is 0.508 e. The summed E-state index contributed by atoms with van der Waals surface area (Å²) in [6.45, 7) is 4.16. The Morgan fingerprint density at radius 3 is 2.58 bits per heavy atom. The predicted octanol–water partition coefficient (Wildman–Crippen LogP) is 2.87. The Balaban J connectivity index is 1.86. The average Bonchev–Trinajstić information content (AvgIpc) is 2.67. The van der Waals surface area contributed by atoms with Crippen LogP contribution < -0.4 is 5.32 Å². The van der Waals surface area contributed by atoms with Crippen molar-refractivity contribution in [3.8, 4) is 5.75 Å². The summed E-state index contributed by atoms with van der Waals surface area (Å²) in [6.07, 6.45) is 2.03. The van der Waals surface area contributed by atoms with Gasteiger partial charge in [0, 0.05) is 19.2 Å². The van der Waals surface area contributed by atoms with E-state index in [9.17, 15) is 5.11 Å². The molecular weight excluding hydrogens is 238 g/mol. The number of phenolic OH excluding ortho intramolecular Hbond substituents is 1. The average molecular weight is 259 g/mol. The quantitative estimate of drug-likeness (QED) is 0.868. The Hall–Kier alpha value is -1.97. The van der Waals surface area contributed by atoms with Gasteiger partial charge >= 0.3 is 0 Å². The molecule has 2 rings (SSSR count). The van der Waals surface area contributed by atoms with E-state index < -0.39 is 0 Å². The number of benzene rings is 1. The van der Waals surface area contributed by atoms with Gasteiger partial charge in [-0.3, -0.25) is 4.68 Å². The number of phenols is 1. The van der Waals surface area contributed by atoms with Crippen LogP contribution in [-0.2, 0) is 13.5 Å². The van der Waals surface area contributed by atoms with Crippen LogP contribution in [0.4, 0.5) is 5.82 Å². The molecule has 19 heavy (non-hydrogen) atoms. The standard InChI is InChI=1S/C15H21N3O/c1-11(16-15-10-12(2)17-18(15)3)4-5-13-6-8-14(19)9-7-13/h6-11,16,19H,4-5H2,1-3H3/t11-/m1/s1. The smallest absolute Gasteiger partial charge is 0.124 e. The first-order valence-corrected chi connectivity index (χ1v) is 6.59. The van der Waals surface area contributed by atoms with E-state index in [1.165, 1.54) is 5.56 Å². The highest BCUT2D eigenvalue weighted by molar-refractivity contribution is 5.37. The Morgan fingerprint density at radius 1 is 1.32 bits per heavy atom. The van der Waals surface area contributed by atoms with Gasteiger partial charge in [-0.05, 0) is 44.4 Å².